The van der Waals surface area contributed by atoms with Crippen molar-refractivity contribution in [1.29, 1.82) is 0 Å². The number of nitrogens with one attached hydrogen (secondary N) is 1. The summed E-state index contributed by atoms with van der Waals surface area (Å²) in [7, 11) is 1.57. The quantitative estimate of drug-likeness (QED) is 0.868. The van der Waals surface area contributed by atoms with Gasteiger partial charge in [-0.25, -0.2) is 4.98 Å². The van der Waals surface area contributed by atoms with Crippen LogP contribution < -0.4 is 15.0 Å². The first-order valence-corrected chi connectivity index (χ1v) is 8.55. The molecule has 5 nitrogen and oxygen atoms in total. The van der Waals surface area contributed by atoms with Gasteiger partial charge in [0.1, 0.15) is 11.6 Å². The summed E-state index contributed by atoms with van der Waals surface area (Å²) in [6, 6.07) is 9.64. The molecule has 0 spiro atoms. The van der Waals surface area contributed by atoms with Gasteiger partial charge in [-0.3, -0.25) is 4.79 Å². The molecule has 1 aliphatic rings. The summed E-state index contributed by atoms with van der Waals surface area (Å²) in [6.07, 6.45) is -2.60. The van der Waals surface area contributed by atoms with E-state index >= 15 is 0 Å². The summed E-state index contributed by atoms with van der Waals surface area (Å²) in [5.41, 5.74) is 0.0831. The average molecular weight is 379 g/mol. The summed E-state index contributed by atoms with van der Waals surface area (Å²) in [4.78, 5) is 18.0. The van der Waals surface area contributed by atoms with Crippen molar-refractivity contribution in [2.24, 2.45) is 0 Å². The summed E-state index contributed by atoms with van der Waals surface area (Å²) >= 11 is 0. The molecule has 1 unspecified atom stereocenters. The number of benzene rings is 1. The van der Waals surface area contributed by atoms with Gasteiger partial charge in [-0.15, -0.1) is 0 Å². The van der Waals surface area contributed by atoms with Crippen LogP contribution in [-0.2, 0) is 17.4 Å². The van der Waals surface area contributed by atoms with Crippen LogP contribution in [0.25, 0.3) is 0 Å². The number of hydrogen-bond acceptors (Lipinski definition) is 4. The van der Waals surface area contributed by atoms with Crippen molar-refractivity contribution in [1.82, 2.24) is 10.3 Å². The van der Waals surface area contributed by atoms with Gasteiger partial charge in [0.15, 0.2) is 0 Å². The summed E-state index contributed by atoms with van der Waals surface area (Å²) in [5, 5.41) is 2.97. The number of rotatable bonds is 5. The fraction of sp³-hybridized carbons (Fsp3) is 0.368. The number of amides is 1. The number of methoxy groups -OCH3 is 1. The number of pyridine rings is 1. The molecule has 1 aliphatic heterocycles. The van der Waals surface area contributed by atoms with E-state index in [9.17, 15) is 18.0 Å². The molecular weight excluding hydrogens is 359 g/mol. The monoisotopic (exact) mass is 379 g/mol. The van der Waals surface area contributed by atoms with Crippen molar-refractivity contribution >= 4 is 11.7 Å². The first-order valence-electron chi connectivity index (χ1n) is 8.55. The molecule has 27 heavy (non-hydrogen) atoms. The lowest BCUT2D eigenvalue weighted by Gasteiger charge is -2.18. The number of carbonyl (C=O) groups is 1. The molecule has 3 rings (SSSR count). The Kier molecular flexibility index (Phi) is 5.53. The second-order valence-corrected chi connectivity index (χ2v) is 6.43. The predicted molar refractivity (Wildman–Crippen MR) is 94.7 cm³/mol. The Morgan fingerprint density at radius 3 is 2.81 bits per heavy atom. The number of aromatic nitrogens is 1. The molecule has 1 aromatic heterocycles. The fourth-order valence-corrected chi connectivity index (χ4v) is 3.07. The first-order chi connectivity index (χ1) is 12.8. The molecule has 0 bridgehead atoms. The Balaban J connectivity index is 1.54. The van der Waals surface area contributed by atoms with Crippen LogP contribution in [0, 0.1) is 0 Å². The zero-order valence-electron chi connectivity index (χ0n) is 14.8. The zero-order chi connectivity index (χ0) is 19.4. The van der Waals surface area contributed by atoms with E-state index in [1.54, 1.807) is 7.11 Å². The van der Waals surface area contributed by atoms with Crippen LogP contribution >= 0.6 is 0 Å². The first kappa shape index (κ1) is 19.0. The van der Waals surface area contributed by atoms with Gasteiger partial charge in [-0.2, -0.15) is 13.2 Å². The van der Waals surface area contributed by atoms with E-state index in [0.717, 1.165) is 17.8 Å². The van der Waals surface area contributed by atoms with E-state index in [1.165, 1.54) is 6.07 Å². The van der Waals surface area contributed by atoms with Crippen molar-refractivity contribution in [2.45, 2.75) is 25.1 Å². The molecule has 0 radical (unpaired) electrons. The third kappa shape index (κ3) is 4.90. The van der Waals surface area contributed by atoms with Crippen LogP contribution in [-0.4, -0.2) is 37.1 Å². The molecule has 1 saturated heterocycles. The van der Waals surface area contributed by atoms with Crippen LogP contribution in [0.4, 0.5) is 19.0 Å². The van der Waals surface area contributed by atoms with Gasteiger partial charge in [0.25, 0.3) is 0 Å². The van der Waals surface area contributed by atoms with E-state index in [-0.39, 0.29) is 18.4 Å². The van der Waals surface area contributed by atoms with E-state index in [1.807, 2.05) is 29.2 Å². The summed E-state index contributed by atoms with van der Waals surface area (Å²) < 4.78 is 43.0. The van der Waals surface area contributed by atoms with Crippen LogP contribution in [0.2, 0.25) is 0 Å². The molecule has 1 amide bonds. The smallest absolute Gasteiger partial charge is 0.417 e. The predicted octanol–water partition coefficient (Wildman–Crippen LogP) is 3.05. The Labute approximate surface area is 155 Å². The number of ether oxygens (including phenoxy) is 1. The second kappa shape index (κ2) is 7.85. The maximum absolute atomic E-state index is 12.6. The molecule has 1 fully saturated rings. The van der Waals surface area contributed by atoms with E-state index in [2.05, 4.69) is 10.3 Å². The minimum absolute atomic E-state index is 0.0628. The highest BCUT2D eigenvalue weighted by atomic mass is 19.4. The van der Waals surface area contributed by atoms with Gasteiger partial charge in [-0.1, -0.05) is 12.1 Å². The lowest BCUT2D eigenvalue weighted by Crippen LogP contribution is -2.38. The van der Waals surface area contributed by atoms with E-state index < -0.39 is 11.7 Å². The zero-order valence-corrected chi connectivity index (χ0v) is 14.8. The molecule has 1 atom stereocenters. The number of hydrogen-bond donors (Lipinski definition) is 1. The second-order valence-electron chi connectivity index (χ2n) is 6.43. The molecule has 2 aromatic rings. The van der Waals surface area contributed by atoms with E-state index in [4.69, 9.17) is 4.74 Å². The largest absolute Gasteiger partial charge is 0.497 e. The standard InChI is InChI=1S/C19H20F3N3O2/c1-27-16-4-2-3-13(9-16)10-18(26)24-15-7-8-25(12-15)17-6-5-14(11-23-17)19(20,21)22/h2-6,9,11,15H,7-8,10,12H2,1H3,(H,24,26). The number of carbonyl (C=O) groups excluding carboxylic acids is 1. The highest BCUT2D eigenvalue weighted by Gasteiger charge is 2.31. The number of anilines is 1. The van der Waals surface area contributed by atoms with Gasteiger partial charge >= 0.3 is 6.18 Å². The highest BCUT2D eigenvalue weighted by molar-refractivity contribution is 5.79. The maximum atomic E-state index is 12.6. The molecule has 2 heterocycles. The van der Waals surface area contributed by atoms with E-state index in [0.29, 0.717) is 31.1 Å². The van der Waals surface area contributed by atoms with Crippen molar-refractivity contribution in [3.8, 4) is 5.75 Å². The van der Waals surface area contributed by atoms with Gasteiger partial charge in [0.05, 0.1) is 19.1 Å². The maximum Gasteiger partial charge on any atom is 0.417 e. The topological polar surface area (TPSA) is 54.5 Å². The molecule has 144 valence electrons. The molecule has 8 heteroatoms. The van der Waals surface area contributed by atoms with Gasteiger partial charge in [-0.05, 0) is 36.2 Å². The SMILES string of the molecule is COc1cccc(CC(=O)NC2CCN(c3ccc(C(F)(F)F)cn3)C2)c1. The number of nitrogens with zero attached hydrogens (tertiary/aromatic N) is 2. The van der Waals surface area contributed by atoms with Crippen LogP contribution in [0.5, 0.6) is 5.75 Å². The van der Waals surface area contributed by atoms with Crippen LogP contribution in [0.1, 0.15) is 17.5 Å². The van der Waals surface area contributed by atoms with Gasteiger partial charge in [0, 0.05) is 25.3 Å². The van der Waals surface area contributed by atoms with Gasteiger partial charge < -0.3 is 15.0 Å². The fourth-order valence-electron chi connectivity index (χ4n) is 3.07. The number of halogens is 3. The molecule has 0 aliphatic carbocycles. The molecular formula is C19H20F3N3O2. The minimum atomic E-state index is -4.40. The lowest BCUT2D eigenvalue weighted by atomic mass is 10.1. The van der Waals surface area contributed by atoms with Gasteiger partial charge in [0.2, 0.25) is 5.91 Å². The summed E-state index contributed by atoms with van der Waals surface area (Å²) in [6.45, 7) is 1.14. The Hall–Kier alpha value is -2.77. The van der Waals surface area contributed by atoms with Crippen molar-refractivity contribution in [3.05, 3.63) is 53.7 Å². The normalized spacial score (nSPS) is 17.0. The van der Waals surface area contributed by atoms with Crippen LogP contribution in [0.3, 0.4) is 0 Å². The van der Waals surface area contributed by atoms with Crippen molar-refractivity contribution < 1.29 is 22.7 Å². The number of alkyl halides is 3. The summed E-state index contributed by atoms with van der Waals surface area (Å²) in [5.74, 6) is 1.07. The molecule has 1 N–H and O–H groups in total. The van der Waals surface area contributed by atoms with Crippen molar-refractivity contribution in [3.63, 3.8) is 0 Å². The molecule has 0 saturated carbocycles. The van der Waals surface area contributed by atoms with Crippen LogP contribution in [0.15, 0.2) is 42.6 Å². The van der Waals surface area contributed by atoms with Crippen molar-refractivity contribution in [2.75, 3.05) is 25.1 Å². The minimum Gasteiger partial charge on any atom is -0.497 e. The third-order valence-corrected chi connectivity index (χ3v) is 4.45. The molecule has 1 aromatic carbocycles. The Morgan fingerprint density at radius 2 is 2.15 bits per heavy atom. The Morgan fingerprint density at radius 1 is 1.33 bits per heavy atom. The average Bonchev–Trinajstić information content (AvgIpc) is 3.09. The third-order valence-electron chi connectivity index (χ3n) is 4.45. The lowest BCUT2D eigenvalue weighted by molar-refractivity contribution is -0.137. The Bertz CT molecular complexity index is 794. The highest BCUT2D eigenvalue weighted by Crippen LogP contribution is 2.29.